The molecule has 1 unspecified atom stereocenters. The zero-order valence-electron chi connectivity index (χ0n) is 19.7. The number of carboxylic acid groups (broad SMARTS) is 1. The van der Waals surface area contributed by atoms with Gasteiger partial charge < -0.3 is 15.3 Å². The van der Waals surface area contributed by atoms with Gasteiger partial charge in [0.15, 0.2) is 0 Å². The Kier molecular flexibility index (Phi) is 8.19. The Morgan fingerprint density at radius 1 is 1.00 bits per heavy atom. The maximum atomic E-state index is 11.1. The van der Waals surface area contributed by atoms with Crippen molar-refractivity contribution in [1.82, 2.24) is 0 Å². The molecule has 0 aliphatic rings. The summed E-state index contributed by atoms with van der Waals surface area (Å²) in [6.07, 6.45) is 0. The maximum absolute atomic E-state index is 11.1. The van der Waals surface area contributed by atoms with Crippen molar-refractivity contribution >= 4 is 23.0 Å². The second kappa shape index (κ2) is 11.3. The molecule has 0 heterocycles. The van der Waals surface area contributed by atoms with E-state index in [1.165, 1.54) is 23.4 Å². The lowest BCUT2D eigenvalue weighted by Gasteiger charge is -2.26. The van der Waals surface area contributed by atoms with E-state index in [0.29, 0.717) is 18.2 Å². The van der Waals surface area contributed by atoms with Gasteiger partial charge in [-0.25, -0.2) is 4.79 Å². The Bertz CT molecular complexity index is 1090. The van der Waals surface area contributed by atoms with E-state index in [1.807, 2.05) is 12.1 Å². The molecule has 0 amide bonds. The lowest BCUT2D eigenvalue weighted by Crippen LogP contribution is -2.32. The quantitative estimate of drug-likeness (QED) is 0.340. The number of carboxylic acids is 1. The van der Waals surface area contributed by atoms with Crippen molar-refractivity contribution < 1.29 is 9.90 Å². The largest absolute Gasteiger partial charge is 0.478 e. The fourth-order valence-corrected chi connectivity index (χ4v) is 3.71. The highest BCUT2D eigenvalue weighted by molar-refractivity contribution is 5.88. The first-order valence-electron chi connectivity index (χ1n) is 11.2. The summed E-state index contributed by atoms with van der Waals surface area (Å²) in [6, 6.07) is 23.5. The summed E-state index contributed by atoms with van der Waals surface area (Å²) in [7, 11) is 2.09. The van der Waals surface area contributed by atoms with Crippen molar-refractivity contribution in [2.24, 2.45) is 10.2 Å². The topological polar surface area (TPSA) is 77.3 Å². The van der Waals surface area contributed by atoms with Crippen molar-refractivity contribution in [2.75, 3.05) is 23.8 Å². The lowest BCUT2D eigenvalue weighted by atomic mass is 10.0. The van der Waals surface area contributed by atoms with Crippen LogP contribution in [0.3, 0.4) is 0 Å². The predicted molar refractivity (Wildman–Crippen MR) is 135 cm³/mol. The minimum absolute atomic E-state index is 0.204. The molecule has 3 aromatic carbocycles. The van der Waals surface area contributed by atoms with Crippen LogP contribution in [0.4, 0.5) is 17.1 Å². The molecule has 0 spiro atoms. The molecule has 2 N–H and O–H groups in total. The smallest absolute Gasteiger partial charge is 0.335 e. The molecule has 33 heavy (non-hydrogen) atoms. The molecule has 3 rings (SSSR count). The lowest BCUT2D eigenvalue weighted by molar-refractivity contribution is 0.0697. The number of benzene rings is 3. The molecule has 0 radical (unpaired) electrons. The summed E-state index contributed by atoms with van der Waals surface area (Å²) in [5.74, 6) is -0.496. The second-order valence-corrected chi connectivity index (χ2v) is 8.59. The summed E-state index contributed by atoms with van der Waals surface area (Å²) in [4.78, 5) is 13.3. The first-order chi connectivity index (χ1) is 15.8. The average molecular weight is 445 g/mol. The Morgan fingerprint density at radius 2 is 1.73 bits per heavy atom. The molecule has 1 atom stereocenters. The van der Waals surface area contributed by atoms with Gasteiger partial charge >= 0.3 is 5.97 Å². The summed E-state index contributed by atoms with van der Waals surface area (Å²) < 4.78 is 0. The van der Waals surface area contributed by atoms with E-state index in [1.54, 1.807) is 12.1 Å². The predicted octanol–water partition coefficient (Wildman–Crippen LogP) is 6.73. The van der Waals surface area contributed by atoms with Crippen molar-refractivity contribution in [2.45, 2.75) is 39.3 Å². The number of rotatable bonds is 10. The average Bonchev–Trinajstić information content (AvgIpc) is 2.80. The van der Waals surface area contributed by atoms with Gasteiger partial charge in [-0.2, -0.15) is 10.2 Å². The fourth-order valence-electron chi connectivity index (χ4n) is 3.71. The number of nitrogens with one attached hydrogen (secondary N) is 1. The summed E-state index contributed by atoms with van der Waals surface area (Å²) >= 11 is 0. The minimum Gasteiger partial charge on any atom is -0.478 e. The number of nitrogens with zero attached hydrogens (tertiary/aromatic N) is 3. The molecular formula is C27H32N4O2. The standard InChI is InChI=1S/C27H32N4O2/c1-19(2)25-10-5-6-11-26(25)29-20(3)18-31(4)24-14-12-21(13-15-24)17-28-30-23-9-7-8-22(16-23)27(32)33/h5-16,19-20,29H,17-18H2,1-4H3,(H,32,33). The highest BCUT2D eigenvalue weighted by atomic mass is 16.4. The third-order valence-corrected chi connectivity index (χ3v) is 5.44. The van der Waals surface area contributed by atoms with Crippen LogP contribution in [0.1, 0.15) is 48.2 Å². The van der Waals surface area contributed by atoms with Crippen LogP contribution in [0, 0.1) is 0 Å². The highest BCUT2D eigenvalue weighted by Crippen LogP contribution is 2.25. The minimum atomic E-state index is -0.972. The first-order valence-corrected chi connectivity index (χ1v) is 11.2. The molecule has 3 aromatic rings. The summed E-state index contributed by atoms with van der Waals surface area (Å²) in [5, 5.41) is 21.1. The molecule has 0 saturated carbocycles. The van der Waals surface area contributed by atoms with E-state index in [4.69, 9.17) is 5.11 Å². The van der Waals surface area contributed by atoms with E-state index in [0.717, 1.165) is 17.8 Å². The Hall–Kier alpha value is -3.67. The molecule has 0 bridgehead atoms. The van der Waals surface area contributed by atoms with Gasteiger partial charge in [0.1, 0.15) is 0 Å². The van der Waals surface area contributed by atoms with Gasteiger partial charge in [-0.05, 0) is 60.4 Å². The molecular weight excluding hydrogens is 412 g/mol. The van der Waals surface area contributed by atoms with Crippen LogP contribution in [0.2, 0.25) is 0 Å². The van der Waals surface area contributed by atoms with Crippen LogP contribution in [-0.4, -0.2) is 30.7 Å². The van der Waals surface area contributed by atoms with Crippen molar-refractivity contribution in [3.05, 3.63) is 89.5 Å². The first kappa shape index (κ1) is 24.0. The number of para-hydroxylation sites is 1. The van der Waals surface area contributed by atoms with Crippen molar-refractivity contribution in [1.29, 1.82) is 0 Å². The molecule has 0 aliphatic carbocycles. The molecule has 0 aromatic heterocycles. The van der Waals surface area contributed by atoms with Crippen molar-refractivity contribution in [3.8, 4) is 0 Å². The molecule has 6 heteroatoms. The van der Waals surface area contributed by atoms with Crippen LogP contribution >= 0.6 is 0 Å². The molecule has 0 saturated heterocycles. The number of azo groups is 1. The number of hydrogen-bond acceptors (Lipinski definition) is 5. The van der Waals surface area contributed by atoms with Gasteiger partial charge in [0.2, 0.25) is 0 Å². The van der Waals surface area contributed by atoms with Crippen LogP contribution in [0.5, 0.6) is 0 Å². The highest BCUT2D eigenvalue weighted by Gasteiger charge is 2.11. The Morgan fingerprint density at radius 3 is 2.42 bits per heavy atom. The third-order valence-electron chi connectivity index (χ3n) is 5.44. The summed E-state index contributed by atoms with van der Waals surface area (Å²) in [6.45, 7) is 7.93. The van der Waals surface area contributed by atoms with E-state index >= 15 is 0 Å². The van der Waals surface area contributed by atoms with E-state index in [9.17, 15) is 4.79 Å². The van der Waals surface area contributed by atoms with Crippen LogP contribution in [0.25, 0.3) is 0 Å². The van der Waals surface area contributed by atoms with Crippen LogP contribution < -0.4 is 10.2 Å². The van der Waals surface area contributed by atoms with Gasteiger partial charge in [0.25, 0.3) is 0 Å². The van der Waals surface area contributed by atoms with Gasteiger partial charge in [-0.15, -0.1) is 0 Å². The molecule has 172 valence electrons. The van der Waals surface area contributed by atoms with E-state index in [2.05, 4.69) is 84.7 Å². The van der Waals surface area contributed by atoms with E-state index < -0.39 is 5.97 Å². The Balaban J connectivity index is 1.55. The van der Waals surface area contributed by atoms with Crippen molar-refractivity contribution in [3.63, 3.8) is 0 Å². The number of likely N-dealkylation sites (N-methyl/N-ethyl adjacent to an activating group) is 1. The van der Waals surface area contributed by atoms with Gasteiger partial charge in [-0.1, -0.05) is 50.2 Å². The number of hydrogen-bond donors (Lipinski definition) is 2. The number of carbonyl (C=O) groups is 1. The molecule has 0 aliphatic heterocycles. The Labute approximate surface area is 196 Å². The zero-order chi connectivity index (χ0) is 23.8. The normalized spacial score (nSPS) is 12.2. The van der Waals surface area contributed by atoms with Crippen LogP contribution in [0.15, 0.2) is 83.0 Å². The summed E-state index contributed by atoms with van der Waals surface area (Å²) in [5.41, 5.74) is 5.45. The zero-order valence-corrected chi connectivity index (χ0v) is 19.7. The van der Waals surface area contributed by atoms with Gasteiger partial charge in [0, 0.05) is 31.0 Å². The van der Waals surface area contributed by atoms with Gasteiger partial charge in [-0.3, -0.25) is 0 Å². The third kappa shape index (κ3) is 6.91. The van der Waals surface area contributed by atoms with E-state index in [-0.39, 0.29) is 11.6 Å². The van der Waals surface area contributed by atoms with Gasteiger partial charge in [0.05, 0.1) is 17.8 Å². The maximum Gasteiger partial charge on any atom is 0.335 e. The number of anilines is 2. The monoisotopic (exact) mass is 444 g/mol. The molecule has 6 nitrogen and oxygen atoms in total. The SMILES string of the molecule is CC(CN(C)c1ccc(CN=Nc2cccc(C(=O)O)c2)cc1)Nc1ccccc1C(C)C. The number of aromatic carboxylic acids is 1. The second-order valence-electron chi connectivity index (χ2n) is 8.59. The fraction of sp³-hybridized carbons (Fsp3) is 0.296. The molecule has 0 fully saturated rings. The van der Waals surface area contributed by atoms with Crippen LogP contribution in [-0.2, 0) is 6.54 Å².